The zero-order valence-corrected chi connectivity index (χ0v) is 14.2. The van der Waals surface area contributed by atoms with E-state index in [-0.39, 0.29) is 6.79 Å². The molecule has 0 saturated carbocycles. The van der Waals surface area contributed by atoms with E-state index in [0.29, 0.717) is 18.3 Å². The van der Waals surface area contributed by atoms with E-state index >= 15 is 0 Å². The molecule has 4 rings (SSSR count). The van der Waals surface area contributed by atoms with Crippen LogP contribution in [0.15, 0.2) is 54.7 Å². The van der Waals surface area contributed by atoms with E-state index in [4.69, 9.17) is 14.2 Å². The van der Waals surface area contributed by atoms with Crippen LogP contribution in [0.4, 0.5) is 17.5 Å². The van der Waals surface area contributed by atoms with Gasteiger partial charge in [0, 0.05) is 24.5 Å². The van der Waals surface area contributed by atoms with Gasteiger partial charge in [0.15, 0.2) is 11.5 Å². The Hall–Kier alpha value is -3.48. The number of aromatic nitrogens is 2. The number of methoxy groups -OCH3 is 1. The highest BCUT2D eigenvalue weighted by atomic mass is 16.7. The van der Waals surface area contributed by atoms with Crippen molar-refractivity contribution in [1.82, 2.24) is 9.97 Å². The molecule has 0 bridgehead atoms. The average molecular weight is 350 g/mol. The molecule has 1 aliphatic rings. The Morgan fingerprint density at radius 3 is 2.73 bits per heavy atom. The summed E-state index contributed by atoms with van der Waals surface area (Å²) in [5, 5.41) is 6.46. The van der Waals surface area contributed by atoms with E-state index in [9.17, 15) is 0 Å². The Kier molecular flexibility index (Phi) is 4.42. The smallest absolute Gasteiger partial charge is 0.231 e. The van der Waals surface area contributed by atoms with E-state index in [1.807, 2.05) is 48.5 Å². The van der Waals surface area contributed by atoms with E-state index in [1.54, 1.807) is 13.3 Å². The number of nitrogens with zero attached hydrogens (tertiary/aromatic N) is 2. The third kappa shape index (κ3) is 3.61. The maximum atomic E-state index is 5.39. The van der Waals surface area contributed by atoms with Gasteiger partial charge in [0.25, 0.3) is 0 Å². The van der Waals surface area contributed by atoms with Crippen LogP contribution in [-0.2, 0) is 6.54 Å². The zero-order valence-electron chi connectivity index (χ0n) is 14.2. The molecule has 1 aromatic heterocycles. The molecule has 26 heavy (non-hydrogen) atoms. The van der Waals surface area contributed by atoms with Crippen LogP contribution in [0.5, 0.6) is 17.2 Å². The van der Waals surface area contributed by atoms with Crippen molar-refractivity contribution in [3.63, 3.8) is 0 Å². The van der Waals surface area contributed by atoms with Gasteiger partial charge in [-0.2, -0.15) is 4.98 Å². The summed E-state index contributed by atoms with van der Waals surface area (Å²) in [5.41, 5.74) is 1.98. The van der Waals surface area contributed by atoms with E-state index < -0.39 is 0 Å². The second-order valence-corrected chi connectivity index (χ2v) is 5.66. The van der Waals surface area contributed by atoms with Crippen LogP contribution in [0.1, 0.15) is 5.56 Å². The van der Waals surface area contributed by atoms with Crippen LogP contribution in [0.2, 0.25) is 0 Å². The van der Waals surface area contributed by atoms with Crippen molar-refractivity contribution in [2.75, 3.05) is 24.5 Å². The number of rotatable bonds is 6. The predicted octanol–water partition coefficient (Wildman–Crippen LogP) is 3.57. The highest BCUT2D eigenvalue weighted by molar-refractivity contribution is 5.62. The summed E-state index contributed by atoms with van der Waals surface area (Å²) in [6.45, 7) is 0.878. The molecule has 132 valence electrons. The Bertz CT molecular complexity index is 900. The molecule has 1 aliphatic heterocycles. The monoisotopic (exact) mass is 350 g/mol. The van der Waals surface area contributed by atoms with Crippen LogP contribution in [0.25, 0.3) is 0 Å². The Balaban J connectivity index is 1.41. The Morgan fingerprint density at radius 2 is 1.88 bits per heavy atom. The van der Waals surface area contributed by atoms with Gasteiger partial charge in [0.1, 0.15) is 11.6 Å². The number of hydrogen-bond acceptors (Lipinski definition) is 7. The number of benzene rings is 2. The fourth-order valence-corrected chi connectivity index (χ4v) is 2.56. The first-order chi connectivity index (χ1) is 12.8. The summed E-state index contributed by atoms with van der Waals surface area (Å²) in [6, 6.07) is 15.3. The van der Waals surface area contributed by atoms with Crippen molar-refractivity contribution in [3.05, 3.63) is 60.3 Å². The van der Waals surface area contributed by atoms with Crippen molar-refractivity contribution < 1.29 is 14.2 Å². The lowest BCUT2D eigenvalue weighted by atomic mass is 10.2. The largest absolute Gasteiger partial charge is 0.497 e. The third-order valence-corrected chi connectivity index (χ3v) is 3.91. The highest BCUT2D eigenvalue weighted by Crippen LogP contribution is 2.34. The van der Waals surface area contributed by atoms with Crippen LogP contribution in [-0.4, -0.2) is 23.9 Å². The van der Waals surface area contributed by atoms with E-state index in [0.717, 1.165) is 28.5 Å². The van der Waals surface area contributed by atoms with Crippen molar-refractivity contribution in [3.8, 4) is 17.2 Å². The fourth-order valence-electron chi connectivity index (χ4n) is 2.56. The van der Waals surface area contributed by atoms with E-state index in [2.05, 4.69) is 20.6 Å². The minimum Gasteiger partial charge on any atom is -0.497 e. The molecule has 0 spiro atoms. The molecular weight excluding hydrogens is 332 g/mol. The number of fused-ring (bicyclic) bond motifs is 1. The molecule has 3 aromatic rings. The fraction of sp³-hybridized carbons (Fsp3) is 0.158. The van der Waals surface area contributed by atoms with Crippen LogP contribution in [0, 0.1) is 0 Å². The number of anilines is 3. The van der Waals surface area contributed by atoms with Gasteiger partial charge in [-0.15, -0.1) is 0 Å². The normalized spacial score (nSPS) is 11.9. The van der Waals surface area contributed by atoms with Gasteiger partial charge in [-0.1, -0.05) is 12.1 Å². The first-order valence-corrected chi connectivity index (χ1v) is 8.17. The van der Waals surface area contributed by atoms with Crippen LogP contribution < -0.4 is 24.8 Å². The molecule has 7 nitrogen and oxygen atoms in total. The number of hydrogen-bond donors (Lipinski definition) is 2. The third-order valence-electron chi connectivity index (χ3n) is 3.91. The Morgan fingerprint density at radius 1 is 1.04 bits per heavy atom. The average Bonchev–Trinajstić information content (AvgIpc) is 3.15. The quantitative estimate of drug-likeness (QED) is 0.704. The van der Waals surface area contributed by atoms with Crippen molar-refractivity contribution in [1.29, 1.82) is 0 Å². The molecule has 2 aromatic carbocycles. The summed E-state index contributed by atoms with van der Waals surface area (Å²) >= 11 is 0. The van der Waals surface area contributed by atoms with Gasteiger partial charge in [-0.3, -0.25) is 0 Å². The molecule has 2 heterocycles. The van der Waals surface area contributed by atoms with Gasteiger partial charge in [-0.25, -0.2) is 4.98 Å². The number of ether oxygens (including phenoxy) is 3. The molecule has 0 amide bonds. The molecule has 0 aliphatic carbocycles. The minimum absolute atomic E-state index is 0.256. The molecular formula is C19H18N4O3. The lowest BCUT2D eigenvalue weighted by Gasteiger charge is -2.09. The maximum absolute atomic E-state index is 5.39. The topological polar surface area (TPSA) is 77.5 Å². The van der Waals surface area contributed by atoms with Gasteiger partial charge >= 0.3 is 0 Å². The molecule has 0 radical (unpaired) electrons. The first-order valence-electron chi connectivity index (χ1n) is 8.17. The molecule has 0 atom stereocenters. The summed E-state index contributed by atoms with van der Waals surface area (Å²) < 4.78 is 15.9. The van der Waals surface area contributed by atoms with Crippen molar-refractivity contribution in [2.24, 2.45) is 0 Å². The summed E-state index contributed by atoms with van der Waals surface area (Å²) in [7, 11) is 1.65. The number of nitrogens with one attached hydrogen (secondary N) is 2. The SMILES string of the molecule is COc1ccc(CNc2nccc(Nc3ccc4c(c3)OCO4)n2)cc1. The van der Waals surface area contributed by atoms with Gasteiger partial charge in [0.05, 0.1) is 7.11 Å². The molecule has 7 heteroatoms. The second kappa shape index (κ2) is 7.18. The first kappa shape index (κ1) is 16.0. The van der Waals surface area contributed by atoms with Crippen molar-refractivity contribution >= 4 is 17.5 Å². The summed E-state index contributed by atoms with van der Waals surface area (Å²) in [5.74, 6) is 3.55. The highest BCUT2D eigenvalue weighted by Gasteiger charge is 2.13. The maximum Gasteiger partial charge on any atom is 0.231 e. The summed E-state index contributed by atoms with van der Waals surface area (Å²) in [4.78, 5) is 8.74. The standard InChI is InChI=1S/C19H18N4O3/c1-24-15-5-2-13(3-6-15)11-21-19-20-9-8-18(23-19)22-14-4-7-16-17(10-14)26-12-25-16/h2-10H,11-12H2,1H3,(H2,20,21,22,23). The van der Waals surface area contributed by atoms with Gasteiger partial charge in [-0.05, 0) is 35.9 Å². The van der Waals surface area contributed by atoms with E-state index in [1.165, 1.54) is 0 Å². The van der Waals surface area contributed by atoms with Gasteiger partial charge < -0.3 is 24.8 Å². The summed E-state index contributed by atoms with van der Waals surface area (Å²) in [6.07, 6.45) is 1.71. The van der Waals surface area contributed by atoms with Crippen molar-refractivity contribution in [2.45, 2.75) is 6.54 Å². The Labute approximate surface area is 151 Å². The predicted molar refractivity (Wildman–Crippen MR) is 98.2 cm³/mol. The second-order valence-electron chi connectivity index (χ2n) is 5.66. The van der Waals surface area contributed by atoms with Gasteiger partial charge in [0.2, 0.25) is 12.7 Å². The zero-order chi connectivity index (χ0) is 17.8. The lowest BCUT2D eigenvalue weighted by molar-refractivity contribution is 0.174. The molecule has 0 saturated heterocycles. The molecule has 2 N–H and O–H groups in total. The lowest BCUT2D eigenvalue weighted by Crippen LogP contribution is -2.05. The molecule has 0 fully saturated rings. The van der Waals surface area contributed by atoms with Crippen LogP contribution >= 0.6 is 0 Å². The van der Waals surface area contributed by atoms with Crippen LogP contribution in [0.3, 0.4) is 0 Å². The molecule has 0 unspecified atom stereocenters. The minimum atomic E-state index is 0.256.